The Bertz CT molecular complexity index is 1270. The van der Waals surface area contributed by atoms with E-state index in [0.717, 1.165) is 22.3 Å². The zero-order valence-corrected chi connectivity index (χ0v) is 18.2. The molecule has 0 bridgehead atoms. The van der Waals surface area contributed by atoms with E-state index in [2.05, 4.69) is 16.0 Å². The van der Waals surface area contributed by atoms with Gasteiger partial charge in [-0.05, 0) is 33.7 Å². The van der Waals surface area contributed by atoms with Gasteiger partial charge in [-0.25, -0.2) is 4.98 Å². The van der Waals surface area contributed by atoms with Crippen LogP contribution in [0.1, 0.15) is 11.1 Å². The van der Waals surface area contributed by atoms with E-state index in [1.54, 1.807) is 10.8 Å². The lowest BCUT2D eigenvalue weighted by molar-refractivity contribution is -0.389. The third-order valence-corrected chi connectivity index (χ3v) is 5.42. The Labute approximate surface area is 195 Å². The summed E-state index contributed by atoms with van der Waals surface area (Å²) in [6.45, 7) is 1.60. The van der Waals surface area contributed by atoms with Crippen molar-refractivity contribution in [3.63, 3.8) is 0 Å². The van der Waals surface area contributed by atoms with Gasteiger partial charge < -0.3 is 24.3 Å². The first kappa shape index (κ1) is 21.6. The Hall–Kier alpha value is -4.24. The first-order chi connectivity index (χ1) is 16.6. The molecule has 1 atom stereocenters. The van der Waals surface area contributed by atoms with Crippen molar-refractivity contribution in [2.45, 2.75) is 25.9 Å². The maximum absolute atomic E-state index is 10.9. The second-order valence-electron chi connectivity index (χ2n) is 7.89. The molecule has 172 valence electrons. The van der Waals surface area contributed by atoms with Gasteiger partial charge in [0.05, 0.1) is 13.2 Å². The number of fused-ring (bicyclic) bond motifs is 1. The number of nitrogens with zero attached hydrogens (tertiary/aromatic N) is 4. The number of aromatic nitrogens is 3. The number of rotatable bonds is 8. The molecule has 34 heavy (non-hydrogen) atoms. The number of ether oxygens (including phenoxy) is 3. The van der Waals surface area contributed by atoms with Crippen LogP contribution in [-0.4, -0.2) is 32.2 Å². The first-order valence-corrected chi connectivity index (χ1v) is 10.8. The summed E-state index contributed by atoms with van der Waals surface area (Å²) in [6, 6.07) is 22.1. The Kier molecular flexibility index (Phi) is 6.17. The van der Waals surface area contributed by atoms with E-state index in [0.29, 0.717) is 32.2 Å². The fourth-order valence-electron chi connectivity index (χ4n) is 3.68. The Morgan fingerprint density at radius 3 is 2.68 bits per heavy atom. The summed E-state index contributed by atoms with van der Waals surface area (Å²) in [5, 5.41) is 10.9. The molecule has 0 spiro atoms. The summed E-state index contributed by atoms with van der Waals surface area (Å²) in [7, 11) is 0. The average Bonchev–Trinajstić information content (AvgIpc) is 3.31. The Morgan fingerprint density at radius 1 is 1.03 bits per heavy atom. The first-order valence-electron chi connectivity index (χ1n) is 10.8. The molecule has 1 aliphatic heterocycles. The second-order valence-corrected chi connectivity index (χ2v) is 7.89. The number of hydrogen-bond donors (Lipinski definition) is 0. The van der Waals surface area contributed by atoms with Gasteiger partial charge in [0.25, 0.3) is 0 Å². The van der Waals surface area contributed by atoms with Gasteiger partial charge in [0.1, 0.15) is 25.5 Å². The van der Waals surface area contributed by atoms with Crippen LogP contribution in [-0.2, 0) is 24.5 Å². The Morgan fingerprint density at radius 2 is 1.88 bits per heavy atom. The van der Waals surface area contributed by atoms with Gasteiger partial charge in [0.2, 0.25) is 5.88 Å². The standard InChI is InChI=1S/C25H22N4O5/c30-29(31)23-14-28-13-22(17-34-25(28)27-23)32-16-19-7-4-8-20(11-19)21-9-10-24(26-12-21)33-15-18-5-2-1-3-6-18/h1-12,14,22H,13,15-17H2/t22-/m0/s1. The quantitative estimate of drug-likeness (QED) is 0.285. The summed E-state index contributed by atoms with van der Waals surface area (Å²) in [4.78, 5) is 18.6. The fourth-order valence-corrected chi connectivity index (χ4v) is 3.68. The molecule has 9 heteroatoms. The lowest BCUT2D eigenvalue weighted by Crippen LogP contribution is -2.32. The van der Waals surface area contributed by atoms with Crippen molar-refractivity contribution in [1.82, 2.24) is 14.5 Å². The van der Waals surface area contributed by atoms with Gasteiger partial charge in [0.15, 0.2) is 0 Å². The predicted molar refractivity (Wildman–Crippen MR) is 123 cm³/mol. The highest BCUT2D eigenvalue weighted by Gasteiger charge is 2.28. The summed E-state index contributed by atoms with van der Waals surface area (Å²) in [5.74, 6) is 0.344. The van der Waals surface area contributed by atoms with Crippen LogP contribution < -0.4 is 9.47 Å². The smallest absolute Gasteiger partial charge is 0.414 e. The summed E-state index contributed by atoms with van der Waals surface area (Å²) in [6.07, 6.45) is 2.93. The van der Waals surface area contributed by atoms with E-state index in [4.69, 9.17) is 14.2 Å². The van der Waals surface area contributed by atoms with E-state index >= 15 is 0 Å². The van der Waals surface area contributed by atoms with Crippen molar-refractivity contribution in [2.24, 2.45) is 0 Å². The van der Waals surface area contributed by atoms with Gasteiger partial charge in [-0.3, -0.25) is 4.57 Å². The van der Waals surface area contributed by atoms with Crippen molar-refractivity contribution >= 4 is 5.82 Å². The molecule has 0 amide bonds. The van der Waals surface area contributed by atoms with Crippen molar-refractivity contribution in [2.75, 3.05) is 6.61 Å². The Balaban J connectivity index is 1.18. The molecule has 2 aromatic heterocycles. The molecular formula is C25H22N4O5. The van der Waals surface area contributed by atoms with Crippen LogP contribution in [0.3, 0.4) is 0 Å². The van der Waals surface area contributed by atoms with Gasteiger partial charge in [-0.1, -0.05) is 48.5 Å². The summed E-state index contributed by atoms with van der Waals surface area (Å²) >= 11 is 0. The number of imidazole rings is 1. The van der Waals surface area contributed by atoms with E-state index in [1.165, 1.54) is 6.20 Å². The molecule has 1 aliphatic rings. The number of hydrogen-bond acceptors (Lipinski definition) is 7. The molecule has 9 nitrogen and oxygen atoms in total. The third kappa shape index (κ3) is 5.05. The molecule has 0 N–H and O–H groups in total. The fraction of sp³-hybridized carbons (Fsp3) is 0.200. The van der Waals surface area contributed by atoms with Crippen molar-refractivity contribution in [3.05, 3.63) is 100 Å². The van der Waals surface area contributed by atoms with Crippen molar-refractivity contribution in [1.29, 1.82) is 0 Å². The van der Waals surface area contributed by atoms with Crippen molar-refractivity contribution in [3.8, 4) is 23.0 Å². The summed E-state index contributed by atoms with van der Waals surface area (Å²) < 4.78 is 18.9. The van der Waals surface area contributed by atoms with E-state index in [-0.39, 0.29) is 17.9 Å². The maximum atomic E-state index is 10.9. The number of benzene rings is 2. The second kappa shape index (κ2) is 9.72. The maximum Gasteiger partial charge on any atom is 0.414 e. The molecule has 2 aromatic carbocycles. The zero-order valence-electron chi connectivity index (χ0n) is 18.2. The molecule has 0 radical (unpaired) electrons. The van der Waals surface area contributed by atoms with E-state index in [1.807, 2.05) is 60.7 Å². The normalized spacial score (nSPS) is 14.8. The molecule has 4 aromatic rings. The van der Waals surface area contributed by atoms with Crippen LogP contribution in [0.2, 0.25) is 0 Å². The highest BCUT2D eigenvalue weighted by molar-refractivity contribution is 5.63. The summed E-state index contributed by atoms with van der Waals surface area (Å²) in [5.41, 5.74) is 4.09. The largest absolute Gasteiger partial charge is 0.473 e. The molecule has 5 rings (SSSR count). The van der Waals surface area contributed by atoms with Gasteiger partial charge in [-0.15, -0.1) is 0 Å². The highest BCUT2D eigenvalue weighted by atomic mass is 16.6. The van der Waals surface area contributed by atoms with Crippen LogP contribution in [0.25, 0.3) is 11.1 Å². The van der Waals surface area contributed by atoms with Gasteiger partial charge >= 0.3 is 11.8 Å². The minimum Gasteiger partial charge on any atom is -0.473 e. The van der Waals surface area contributed by atoms with Gasteiger partial charge in [-0.2, -0.15) is 0 Å². The average molecular weight is 458 g/mol. The third-order valence-electron chi connectivity index (χ3n) is 5.42. The van der Waals surface area contributed by atoms with Crippen LogP contribution >= 0.6 is 0 Å². The SMILES string of the molecule is O=[N+]([O-])c1cn2c(n1)OC[C@@H](OCc1cccc(-c3ccc(OCc4ccccc4)nc3)c1)C2. The van der Waals surface area contributed by atoms with Crippen molar-refractivity contribution < 1.29 is 19.1 Å². The molecule has 0 saturated carbocycles. The zero-order chi connectivity index (χ0) is 23.3. The monoisotopic (exact) mass is 458 g/mol. The van der Waals surface area contributed by atoms with Crippen LogP contribution in [0, 0.1) is 10.1 Å². The number of nitro groups is 1. The molecular weight excluding hydrogens is 436 g/mol. The van der Waals surface area contributed by atoms with Gasteiger partial charge in [0, 0.05) is 22.8 Å². The molecule has 0 unspecified atom stereocenters. The van der Waals surface area contributed by atoms with Crippen LogP contribution in [0.15, 0.2) is 79.1 Å². The molecule has 0 saturated heterocycles. The minimum absolute atomic E-state index is 0.228. The minimum atomic E-state index is -0.535. The van der Waals surface area contributed by atoms with E-state index < -0.39 is 4.92 Å². The predicted octanol–water partition coefficient (Wildman–Crippen LogP) is 4.41. The lowest BCUT2D eigenvalue weighted by Gasteiger charge is -2.22. The number of pyridine rings is 1. The van der Waals surface area contributed by atoms with E-state index in [9.17, 15) is 10.1 Å². The highest BCUT2D eigenvalue weighted by Crippen LogP contribution is 2.25. The molecule has 0 fully saturated rings. The molecule has 3 heterocycles. The topological polar surface area (TPSA) is 102 Å². The van der Waals surface area contributed by atoms with Crippen LogP contribution in [0.4, 0.5) is 5.82 Å². The molecule has 0 aliphatic carbocycles. The lowest BCUT2D eigenvalue weighted by atomic mass is 10.1. The van der Waals surface area contributed by atoms with Crippen LogP contribution in [0.5, 0.6) is 11.9 Å².